The van der Waals surface area contributed by atoms with Crippen LogP contribution in [0.4, 0.5) is 5.82 Å². The molecular weight excluding hydrogens is 226 g/mol. The lowest BCUT2D eigenvalue weighted by Gasteiger charge is -2.37. The number of nitrogens with two attached hydrogens (primary N) is 1. The molecule has 1 aliphatic carbocycles. The first-order chi connectivity index (χ1) is 8.49. The maximum absolute atomic E-state index is 12.2. The number of nitrogens with zero attached hydrogens (tertiary/aromatic N) is 1. The van der Waals surface area contributed by atoms with Gasteiger partial charge in [-0.15, -0.1) is 0 Å². The third-order valence-electron chi connectivity index (χ3n) is 3.73. The highest BCUT2D eigenvalue weighted by Gasteiger charge is 2.37. The summed E-state index contributed by atoms with van der Waals surface area (Å²) in [5.74, 6) is 0.484. The lowest BCUT2D eigenvalue weighted by molar-refractivity contribution is -0.122. The molecule has 1 aromatic rings. The number of anilines is 1. The van der Waals surface area contributed by atoms with E-state index in [-0.39, 0.29) is 11.8 Å². The first-order valence-corrected chi connectivity index (χ1v) is 6.51. The molecule has 0 bridgehead atoms. The van der Waals surface area contributed by atoms with Gasteiger partial charge in [0.2, 0.25) is 5.91 Å². The number of amides is 1. The van der Waals surface area contributed by atoms with E-state index in [1.165, 1.54) is 0 Å². The van der Waals surface area contributed by atoms with Crippen LogP contribution in [-0.4, -0.2) is 16.4 Å². The number of hydrogen-bond donors (Lipinski definition) is 2. The molecule has 1 heterocycles. The average Bonchev–Trinajstić information content (AvgIpc) is 2.31. The second kappa shape index (κ2) is 5.06. The molecular formula is C14H21N3O. The molecule has 0 aromatic carbocycles. The third-order valence-corrected chi connectivity index (χ3v) is 3.73. The molecule has 0 saturated heterocycles. The summed E-state index contributed by atoms with van der Waals surface area (Å²) in [6.07, 6.45) is 5.71. The van der Waals surface area contributed by atoms with Gasteiger partial charge in [-0.05, 0) is 38.3 Å². The van der Waals surface area contributed by atoms with Crippen LogP contribution in [0, 0.1) is 12.8 Å². The Labute approximate surface area is 108 Å². The normalized spacial score (nSPS) is 27.8. The van der Waals surface area contributed by atoms with Crippen LogP contribution in [0.15, 0.2) is 18.3 Å². The first kappa shape index (κ1) is 13.0. The molecule has 1 fully saturated rings. The van der Waals surface area contributed by atoms with Crippen LogP contribution in [0.3, 0.4) is 0 Å². The van der Waals surface area contributed by atoms with Crippen molar-refractivity contribution in [1.29, 1.82) is 0 Å². The number of nitrogens with one attached hydrogen (secondary N) is 1. The molecule has 3 N–H and O–H groups in total. The highest BCUT2D eigenvalue weighted by Crippen LogP contribution is 2.32. The summed E-state index contributed by atoms with van der Waals surface area (Å²) in [5.41, 5.74) is 6.90. The van der Waals surface area contributed by atoms with Crippen molar-refractivity contribution in [2.75, 3.05) is 5.32 Å². The molecule has 1 aliphatic rings. The first-order valence-electron chi connectivity index (χ1n) is 6.51. The van der Waals surface area contributed by atoms with Gasteiger partial charge in [-0.25, -0.2) is 4.98 Å². The molecule has 4 heteroatoms. The van der Waals surface area contributed by atoms with Gasteiger partial charge in [0, 0.05) is 11.7 Å². The number of aromatic nitrogens is 1. The maximum Gasteiger partial charge on any atom is 0.230 e. The Bertz CT molecular complexity index is 425. The summed E-state index contributed by atoms with van der Waals surface area (Å²) < 4.78 is 0. The van der Waals surface area contributed by atoms with Crippen LogP contribution < -0.4 is 11.1 Å². The molecule has 2 rings (SSSR count). The van der Waals surface area contributed by atoms with E-state index in [1.807, 2.05) is 26.0 Å². The van der Waals surface area contributed by atoms with Crippen molar-refractivity contribution in [3.63, 3.8) is 0 Å². The SMILES string of the molecule is Cc1ccc(NC(=O)C2CCCCC2(C)N)nc1. The van der Waals surface area contributed by atoms with Crippen LogP contribution in [-0.2, 0) is 4.79 Å². The zero-order valence-corrected chi connectivity index (χ0v) is 11.1. The monoisotopic (exact) mass is 247 g/mol. The van der Waals surface area contributed by atoms with E-state index in [9.17, 15) is 4.79 Å². The van der Waals surface area contributed by atoms with E-state index in [4.69, 9.17) is 5.73 Å². The molecule has 2 unspecified atom stereocenters. The number of carbonyl (C=O) groups is 1. The predicted molar refractivity (Wildman–Crippen MR) is 72.2 cm³/mol. The minimum atomic E-state index is -0.396. The molecule has 0 aliphatic heterocycles. The summed E-state index contributed by atoms with van der Waals surface area (Å²) in [4.78, 5) is 16.4. The van der Waals surface area contributed by atoms with E-state index in [1.54, 1.807) is 6.20 Å². The largest absolute Gasteiger partial charge is 0.325 e. The lowest BCUT2D eigenvalue weighted by atomic mass is 9.74. The van der Waals surface area contributed by atoms with Crippen LogP contribution in [0.5, 0.6) is 0 Å². The molecule has 1 amide bonds. The molecule has 0 spiro atoms. The number of aryl methyl sites for hydroxylation is 1. The molecule has 0 radical (unpaired) electrons. The summed E-state index contributed by atoms with van der Waals surface area (Å²) in [6.45, 7) is 3.94. The highest BCUT2D eigenvalue weighted by atomic mass is 16.2. The van der Waals surface area contributed by atoms with Gasteiger partial charge in [0.1, 0.15) is 5.82 Å². The number of pyridine rings is 1. The van der Waals surface area contributed by atoms with Crippen LogP contribution >= 0.6 is 0 Å². The summed E-state index contributed by atoms with van der Waals surface area (Å²) in [5, 5.41) is 2.86. The fraction of sp³-hybridized carbons (Fsp3) is 0.571. The fourth-order valence-electron chi connectivity index (χ4n) is 2.54. The summed E-state index contributed by atoms with van der Waals surface area (Å²) in [7, 11) is 0. The van der Waals surface area contributed by atoms with E-state index in [0.717, 1.165) is 31.2 Å². The van der Waals surface area contributed by atoms with Gasteiger partial charge >= 0.3 is 0 Å². The number of rotatable bonds is 2. The molecule has 1 aromatic heterocycles. The average molecular weight is 247 g/mol. The van der Waals surface area contributed by atoms with E-state index in [2.05, 4.69) is 10.3 Å². The molecule has 18 heavy (non-hydrogen) atoms. The van der Waals surface area contributed by atoms with Gasteiger partial charge in [0.25, 0.3) is 0 Å². The minimum Gasteiger partial charge on any atom is -0.325 e. The molecule has 1 saturated carbocycles. The Hall–Kier alpha value is -1.42. The van der Waals surface area contributed by atoms with Gasteiger partial charge in [0.05, 0.1) is 5.92 Å². The van der Waals surface area contributed by atoms with Crippen molar-refractivity contribution in [1.82, 2.24) is 4.98 Å². The van der Waals surface area contributed by atoms with Crippen molar-refractivity contribution in [3.8, 4) is 0 Å². The standard InChI is InChI=1S/C14H21N3O/c1-10-6-7-12(16-9-10)17-13(18)11-5-3-4-8-14(11,2)15/h6-7,9,11H,3-5,8,15H2,1-2H3,(H,16,17,18). The highest BCUT2D eigenvalue weighted by molar-refractivity contribution is 5.92. The number of hydrogen-bond acceptors (Lipinski definition) is 3. The Kier molecular flexibility index (Phi) is 3.66. The molecule has 4 nitrogen and oxygen atoms in total. The van der Waals surface area contributed by atoms with Crippen LogP contribution in [0.25, 0.3) is 0 Å². The van der Waals surface area contributed by atoms with E-state index >= 15 is 0 Å². The van der Waals surface area contributed by atoms with Crippen molar-refractivity contribution in [3.05, 3.63) is 23.9 Å². The Morgan fingerprint density at radius 3 is 2.89 bits per heavy atom. The Balaban J connectivity index is 2.05. The van der Waals surface area contributed by atoms with Gasteiger partial charge in [-0.1, -0.05) is 18.9 Å². The topological polar surface area (TPSA) is 68.0 Å². The van der Waals surface area contributed by atoms with Gasteiger partial charge in [0.15, 0.2) is 0 Å². The Morgan fingerprint density at radius 2 is 2.28 bits per heavy atom. The minimum absolute atomic E-state index is 0.00365. The smallest absolute Gasteiger partial charge is 0.230 e. The predicted octanol–water partition coefficient (Wildman–Crippen LogP) is 2.24. The van der Waals surface area contributed by atoms with Gasteiger partial charge < -0.3 is 11.1 Å². The van der Waals surface area contributed by atoms with Crippen molar-refractivity contribution in [2.45, 2.75) is 45.1 Å². The third kappa shape index (κ3) is 2.88. The van der Waals surface area contributed by atoms with Gasteiger partial charge in [-0.3, -0.25) is 4.79 Å². The second-order valence-corrected chi connectivity index (χ2v) is 5.51. The van der Waals surface area contributed by atoms with Crippen LogP contribution in [0.1, 0.15) is 38.2 Å². The second-order valence-electron chi connectivity index (χ2n) is 5.51. The zero-order chi connectivity index (χ0) is 13.2. The number of carbonyl (C=O) groups excluding carboxylic acids is 1. The molecule has 2 atom stereocenters. The van der Waals surface area contributed by atoms with E-state index < -0.39 is 5.54 Å². The summed E-state index contributed by atoms with van der Waals surface area (Å²) >= 11 is 0. The Morgan fingerprint density at radius 1 is 1.50 bits per heavy atom. The van der Waals surface area contributed by atoms with Crippen molar-refractivity contribution in [2.24, 2.45) is 11.7 Å². The maximum atomic E-state index is 12.2. The van der Waals surface area contributed by atoms with Crippen molar-refractivity contribution >= 4 is 11.7 Å². The quantitative estimate of drug-likeness (QED) is 0.842. The van der Waals surface area contributed by atoms with E-state index in [0.29, 0.717) is 5.82 Å². The zero-order valence-electron chi connectivity index (χ0n) is 11.1. The summed E-state index contributed by atoms with van der Waals surface area (Å²) in [6, 6.07) is 3.76. The van der Waals surface area contributed by atoms with Gasteiger partial charge in [-0.2, -0.15) is 0 Å². The molecule has 98 valence electrons. The lowest BCUT2D eigenvalue weighted by Crippen LogP contribution is -2.51. The van der Waals surface area contributed by atoms with Crippen LogP contribution in [0.2, 0.25) is 0 Å². The fourth-order valence-corrected chi connectivity index (χ4v) is 2.54. The van der Waals surface area contributed by atoms with Crippen molar-refractivity contribution < 1.29 is 4.79 Å².